The van der Waals surface area contributed by atoms with Gasteiger partial charge >= 0.3 is 5.97 Å². The number of hydrogen-bond donors (Lipinski definition) is 2. The maximum atomic E-state index is 10.5. The molecule has 0 bridgehead atoms. The Kier molecular flexibility index (Phi) is 1.86. The first kappa shape index (κ1) is 7.80. The van der Waals surface area contributed by atoms with Gasteiger partial charge in [0.1, 0.15) is 5.76 Å². The normalized spacial score (nSPS) is 33.0. The van der Waals surface area contributed by atoms with Gasteiger partial charge in [0.2, 0.25) is 3.73 Å². The molecule has 1 aliphatic rings. The van der Waals surface area contributed by atoms with Gasteiger partial charge in [-0.15, -0.1) is 0 Å². The molecule has 0 aromatic rings. The predicted molar refractivity (Wildman–Crippen MR) is 42.4 cm³/mol. The summed E-state index contributed by atoms with van der Waals surface area (Å²) in [4.78, 5) is 10.5. The third-order valence-corrected chi connectivity index (χ3v) is 1.58. The minimum absolute atomic E-state index is 0.0341. The zero-order valence-corrected chi connectivity index (χ0v) is 7.16. The number of rotatable bonds is 0. The molecular weight excluding hydrogens is 249 g/mol. The van der Waals surface area contributed by atoms with Crippen molar-refractivity contribution in [2.45, 2.75) is 10.2 Å². The quantitative estimate of drug-likeness (QED) is 0.285. The van der Waals surface area contributed by atoms with Crippen molar-refractivity contribution in [3.05, 3.63) is 11.8 Å². The first-order valence-electron chi connectivity index (χ1n) is 2.60. The maximum Gasteiger partial charge on any atom is 0.336 e. The summed E-state index contributed by atoms with van der Waals surface area (Å²) in [7, 11) is 0. The smallest absolute Gasteiger partial charge is 0.336 e. The van der Waals surface area contributed by atoms with E-state index in [2.05, 4.69) is 4.74 Å². The Morgan fingerprint density at radius 2 is 2.50 bits per heavy atom. The van der Waals surface area contributed by atoms with Crippen LogP contribution in [0.25, 0.3) is 0 Å². The van der Waals surface area contributed by atoms with E-state index in [9.17, 15) is 4.79 Å². The van der Waals surface area contributed by atoms with Crippen LogP contribution in [0.5, 0.6) is 0 Å². The van der Waals surface area contributed by atoms with Crippen LogP contribution < -0.4 is 5.73 Å². The number of ether oxygens (including phenoxy) is 1. The molecule has 56 valence electrons. The second-order valence-corrected chi connectivity index (χ2v) is 3.85. The third kappa shape index (κ3) is 1.84. The van der Waals surface area contributed by atoms with Gasteiger partial charge in [-0.25, -0.2) is 4.79 Å². The number of nitrogens with two attached hydrogens (primary N) is 1. The van der Waals surface area contributed by atoms with Crippen LogP contribution in [0, 0.1) is 0 Å². The molecule has 4 nitrogen and oxygen atoms in total. The lowest BCUT2D eigenvalue weighted by Gasteiger charge is -2.24. The molecule has 3 N–H and O–H groups in total. The number of aliphatic hydroxyl groups excluding tert-OH is 1. The van der Waals surface area contributed by atoms with Crippen molar-refractivity contribution < 1.29 is 14.6 Å². The zero-order valence-electron chi connectivity index (χ0n) is 5.00. The van der Waals surface area contributed by atoms with Crippen LogP contribution in [-0.4, -0.2) is 14.8 Å². The first-order valence-corrected chi connectivity index (χ1v) is 3.68. The van der Waals surface area contributed by atoms with Gasteiger partial charge in [-0.3, -0.25) is 5.73 Å². The van der Waals surface area contributed by atoms with E-state index in [0.717, 1.165) is 6.08 Å². The molecule has 1 rings (SSSR count). The summed E-state index contributed by atoms with van der Waals surface area (Å²) >= 11 is 1.76. The van der Waals surface area contributed by atoms with Crippen molar-refractivity contribution in [2.75, 3.05) is 0 Å². The van der Waals surface area contributed by atoms with Crippen LogP contribution in [0.15, 0.2) is 11.8 Å². The van der Waals surface area contributed by atoms with E-state index in [1.165, 1.54) is 0 Å². The molecule has 0 fully saturated rings. The Morgan fingerprint density at radius 1 is 1.90 bits per heavy atom. The number of hydrogen-bond acceptors (Lipinski definition) is 4. The molecule has 1 heterocycles. The molecule has 5 heteroatoms. The molecule has 0 saturated carbocycles. The average molecular weight is 255 g/mol. The van der Waals surface area contributed by atoms with Gasteiger partial charge in [0.15, 0.2) is 0 Å². The first-order chi connectivity index (χ1) is 4.49. The number of halogens is 1. The van der Waals surface area contributed by atoms with Crippen LogP contribution in [0.2, 0.25) is 0 Å². The molecule has 1 unspecified atom stereocenters. The molecule has 0 spiro atoms. The van der Waals surface area contributed by atoms with Crippen molar-refractivity contribution in [1.82, 2.24) is 0 Å². The van der Waals surface area contributed by atoms with Gasteiger partial charge in [0, 0.05) is 0 Å². The molecule has 0 aliphatic carbocycles. The van der Waals surface area contributed by atoms with Gasteiger partial charge in [0.05, 0.1) is 12.5 Å². The summed E-state index contributed by atoms with van der Waals surface area (Å²) in [5.74, 6) is -0.631. The summed E-state index contributed by atoms with van der Waals surface area (Å²) in [6.45, 7) is 0. The van der Waals surface area contributed by atoms with Gasteiger partial charge < -0.3 is 9.84 Å². The zero-order chi connectivity index (χ0) is 7.78. The standard InChI is InChI=1S/C5H6INO3/c6-5(7)2-3(8)1-4(9)10-5/h1,8H,2,7H2. The average Bonchev–Trinajstić information content (AvgIpc) is 1.54. The lowest BCUT2D eigenvalue weighted by molar-refractivity contribution is -0.146. The summed E-state index contributed by atoms with van der Waals surface area (Å²) in [6, 6.07) is 0. The molecule has 0 amide bonds. The molecule has 1 atom stereocenters. The van der Waals surface area contributed by atoms with E-state index in [1.807, 2.05) is 0 Å². The van der Waals surface area contributed by atoms with Gasteiger partial charge in [-0.2, -0.15) is 0 Å². The van der Waals surface area contributed by atoms with E-state index in [0.29, 0.717) is 0 Å². The number of carbonyl (C=O) groups excluding carboxylic acids is 1. The fourth-order valence-electron chi connectivity index (χ4n) is 0.667. The highest BCUT2D eigenvalue weighted by atomic mass is 127. The Hall–Kier alpha value is -0.300. The SMILES string of the molecule is NC1(I)CC(O)=CC(=O)O1. The molecule has 0 radical (unpaired) electrons. The lowest BCUT2D eigenvalue weighted by atomic mass is 10.2. The lowest BCUT2D eigenvalue weighted by Crippen LogP contribution is -2.40. The minimum atomic E-state index is -1.08. The van der Waals surface area contributed by atoms with E-state index in [-0.39, 0.29) is 12.2 Å². The second-order valence-electron chi connectivity index (χ2n) is 2.02. The maximum absolute atomic E-state index is 10.5. The highest BCUT2D eigenvalue weighted by Crippen LogP contribution is 2.25. The van der Waals surface area contributed by atoms with Crippen LogP contribution in [0.4, 0.5) is 0 Å². The molecule has 10 heavy (non-hydrogen) atoms. The van der Waals surface area contributed by atoms with Crippen LogP contribution in [0.3, 0.4) is 0 Å². The van der Waals surface area contributed by atoms with Crippen LogP contribution >= 0.6 is 22.6 Å². The third-order valence-electron chi connectivity index (χ3n) is 0.977. The van der Waals surface area contributed by atoms with Crippen molar-refractivity contribution >= 4 is 28.6 Å². The predicted octanol–water partition coefficient (Wildman–Crippen LogP) is 0.423. The Balaban J connectivity index is 2.80. The highest BCUT2D eigenvalue weighted by molar-refractivity contribution is 14.1. The molecule has 0 saturated heterocycles. The van der Waals surface area contributed by atoms with E-state index < -0.39 is 9.70 Å². The van der Waals surface area contributed by atoms with Gasteiger partial charge in [-0.05, 0) is 22.6 Å². The van der Waals surface area contributed by atoms with Gasteiger partial charge in [0.25, 0.3) is 0 Å². The number of cyclic esters (lactones) is 1. The molecular formula is C5H6INO3. The van der Waals surface area contributed by atoms with E-state index in [4.69, 9.17) is 10.8 Å². The molecule has 0 aromatic carbocycles. The minimum Gasteiger partial charge on any atom is -0.512 e. The number of alkyl halides is 1. The van der Waals surface area contributed by atoms with E-state index >= 15 is 0 Å². The van der Waals surface area contributed by atoms with Gasteiger partial charge in [-0.1, -0.05) is 0 Å². The Bertz CT molecular complexity index is 199. The fraction of sp³-hybridized carbons (Fsp3) is 0.400. The highest BCUT2D eigenvalue weighted by Gasteiger charge is 2.30. The largest absolute Gasteiger partial charge is 0.512 e. The summed E-state index contributed by atoms with van der Waals surface area (Å²) in [5.41, 5.74) is 5.40. The molecule has 1 aliphatic heterocycles. The topological polar surface area (TPSA) is 72.5 Å². The molecule has 0 aromatic heterocycles. The fourth-order valence-corrected chi connectivity index (χ4v) is 1.27. The van der Waals surface area contributed by atoms with Crippen molar-refractivity contribution in [1.29, 1.82) is 0 Å². The summed E-state index contributed by atoms with van der Waals surface area (Å²) in [5, 5.41) is 8.89. The van der Waals surface area contributed by atoms with Crippen molar-refractivity contribution in [3.63, 3.8) is 0 Å². The van der Waals surface area contributed by atoms with Crippen LogP contribution in [-0.2, 0) is 9.53 Å². The Morgan fingerprint density at radius 3 is 2.90 bits per heavy atom. The second kappa shape index (κ2) is 2.39. The van der Waals surface area contributed by atoms with Crippen molar-refractivity contribution in [3.8, 4) is 0 Å². The number of aliphatic hydroxyl groups is 1. The number of esters is 1. The number of carbonyl (C=O) groups is 1. The van der Waals surface area contributed by atoms with E-state index in [1.54, 1.807) is 22.6 Å². The monoisotopic (exact) mass is 255 g/mol. The summed E-state index contributed by atoms with van der Waals surface area (Å²) in [6.07, 6.45) is 1.18. The summed E-state index contributed by atoms with van der Waals surface area (Å²) < 4.78 is 3.56. The van der Waals surface area contributed by atoms with Crippen LogP contribution in [0.1, 0.15) is 6.42 Å². The Labute approximate surface area is 71.2 Å². The van der Waals surface area contributed by atoms with Crippen molar-refractivity contribution in [2.24, 2.45) is 5.73 Å².